The maximum absolute atomic E-state index is 12.5. The minimum Gasteiger partial charge on any atom is -0.268 e. The summed E-state index contributed by atoms with van der Waals surface area (Å²) in [7, 11) is 0. The zero-order valence-electron chi connectivity index (χ0n) is 8.85. The van der Waals surface area contributed by atoms with Gasteiger partial charge in [-0.2, -0.15) is 10.1 Å². The smallest absolute Gasteiger partial charge is 0.268 e. The number of H-pyrrole nitrogens is 1. The van der Waals surface area contributed by atoms with Crippen molar-refractivity contribution < 1.29 is 0 Å². The monoisotopic (exact) mass is 320 g/mol. The van der Waals surface area contributed by atoms with E-state index in [1.165, 1.54) is 11.3 Å². The van der Waals surface area contributed by atoms with Crippen molar-refractivity contribution in [3.05, 3.63) is 39.2 Å². The van der Waals surface area contributed by atoms with Gasteiger partial charge in [0.2, 0.25) is 0 Å². The number of rotatable bonds is 0. The number of nitrogens with one attached hydrogen (secondary N) is 1. The van der Waals surface area contributed by atoms with E-state index in [-0.39, 0.29) is 5.56 Å². The summed E-state index contributed by atoms with van der Waals surface area (Å²) in [6, 6.07) is 7.76. The first kappa shape index (κ1) is 10.2. The van der Waals surface area contributed by atoms with Gasteiger partial charge in [-0.25, -0.2) is 0 Å². The molecule has 88 valence electrons. The van der Waals surface area contributed by atoms with Crippen LogP contribution < -0.4 is 5.56 Å². The predicted molar refractivity (Wildman–Crippen MR) is 74.2 cm³/mol. The lowest BCUT2D eigenvalue weighted by Crippen LogP contribution is -2.13. The van der Waals surface area contributed by atoms with E-state index in [9.17, 15) is 4.79 Å². The Morgan fingerprint density at radius 2 is 2.17 bits per heavy atom. The van der Waals surface area contributed by atoms with Gasteiger partial charge in [0.1, 0.15) is 9.99 Å². The maximum atomic E-state index is 12.5. The fraction of sp³-hybridized carbons (Fsp3) is 0. The number of halogens is 1. The SMILES string of the molecule is O=c1c2c(Br)[nH]nc2nc2sc3ccccc3n12. The van der Waals surface area contributed by atoms with Gasteiger partial charge < -0.3 is 0 Å². The second-order valence-corrected chi connectivity index (χ2v) is 5.64. The largest absolute Gasteiger partial charge is 0.271 e. The average molecular weight is 321 g/mol. The van der Waals surface area contributed by atoms with Gasteiger partial charge in [0.15, 0.2) is 10.6 Å². The molecule has 0 unspecified atom stereocenters. The molecule has 5 nitrogen and oxygen atoms in total. The van der Waals surface area contributed by atoms with Crippen LogP contribution in [-0.2, 0) is 0 Å². The molecule has 0 bridgehead atoms. The van der Waals surface area contributed by atoms with Crippen LogP contribution in [0.5, 0.6) is 0 Å². The van der Waals surface area contributed by atoms with Crippen LogP contribution in [0.25, 0.3) is 26.2 Å². The topological polar surface area (TPSA) is 63.0 Å². The second kappa shape index (κ2) is 3.39. The number of aromatic nitrogens is 4. The van der Waals surface area contributed by atoms with E-state index in [2.05, 4.69) is 31.1 Å². The van der Waals surface area contributed by atoms with Gasteiger partial charge >= 0.3 is 0 Å². The lowest BCUT2D eigenvalue weighted by Gasteiger charge is -1.94. The number of hydrogen-bond acceptors (Lipinski definition) is 4. The minimum atomic E-state index is -0.104. The molecule has 0 atom stereocenters. The van der Waals surface area contributed by atoms with Crippen molar-refractivity contribution in [2.75, 3.05) is 0 Å². The third-order valence-electron chi connectivity index (χ3n) is 2.82. The molecular weight excluding hydrogens is 316 g/mol. The standard InChI is InChI=1S/C11H5BrN4OS/c12-8-7-9(15-14-8)13-11-16(10(7)17)5-3-1-2-4-6(5)18-11/h1-4H,(H,14,15). The third kappa shape index (κ3) is 1.17. The summed E-state index contributed by atoms with van der Waals surface area (Å²) in [5.41, 5.74) is 1.22. The Balaban J connectivity index is 2.40. The Morgan fingerprint density at radius 1 is 1.33 bits per heavy atom. The Hall–Kier alpha value is -1.73. The molecule has 3 aromatic heterocycles. The zero-order valence-corrected chi connectivity index (χ0v) is 11.2. The molecule has 0 aliphatic carbocycles. The van der Waals surface area contributed by atoms with Gasteiger partial charge in [-0.15, -0.1) is 0 Å². The molecule has 1 aromatic carbocycles. The molecule has 0 aliphatic heterocycles. The minimum absolute atomic E-state index is 0.104. The molecule has 0 fully saturated rings. The maximum Gasteiger partial charge on any atom is 0.271 e. The van der Waals surface area contributed by atoms with Gasteiger partial charge in [0.25, 0.3) is 5.56 Å². The van der Waals surface area contributed by atoms with E-state index in [0.717, 1.165) is 10.2 Å². The predicted octanol–water partition coefficient (Wildman–Crippen LogP) is 2.55. The van der Waals surface area contributed by atoms with Gasteiger partial charge in [0.05, 0.1) is 10.2 Å². The molecule has 4 aromatic rings. The van der Waals surface area contributed by atoms with E-state index in [1.54, 1.807) is 4.40 Å². The highest BCUT2D eigenvalue weighted by molar-refractivity contribution is 9.10. The highest BCUT2D eigenvalue weighted by Crippen LogP contribution is 2.25. The molecule has 0 saturated heterocycles. The molecule has 4 rings (SSSR count). The van der Waals surface area contributed by atoms with Gasteiger partial charge in [-0.3, -0.25) is 14.3 Å². The quantitative estimate of drug-likeness (QED) is 0.541. The molecular formula is C11H5BrN4OS. The van der Waals surface area contributed by atoms with Gasteiger partial charge in [-0.1, -0.05) is 23.5 Å². The van der Waals surface area contributed by atoms with Crippen LogP contribution in [0, 0.1) is 0 Å². The summed E-state index contributed by atoms with van der Waals surface area (Å²) >= 11 is 4.77. The third-order valence-corrected chi connectivity index (χ3v) is 4.42. The Bertz CT molecular complexity index is 968. The Kier molecular flexibility index (Phi) is 1.93. The second-order valence-electron chi connectivity index (χ2n) is 3.84. The average Bonchev–Trinajstić information content (AvgIpc) is 2.91. The van der Waals surface area contributed by atoms with Crippen molar-refractivity contribution in [2.24, 2.45) is 0 Å². The molecule has 0 radical (unpaired) electrons. The first-order valence-corrected chi connectivity index (χ1v) is 6.80. The molecule has 3 heterocycles. The van der Waals surface area contributed by atoms with E-state index in [0.29, 0.717) is 20.6 Å². The van der Waals surface area contributed by atoms with Crippen molar-refractivity contribution in [1.82, 2.24) is 19.6 Å². The summed E-state index contributed by atoms with van der Waals surface area (Å²) in [6.07, 6.45) is 0. The highest BCUT2D eigenvalue weighted by Gasteiger charge is 2.15. The highest BCUT2D eigenvalue weighted by atomic mass is 79.9. The number of aromatic amines is 1. The fourth-order valence-corrected chi connectivity index (χ4v) is 3.48. The van der Waals surface area contributed by atoms with Crippen LogP contribution in [0.1, 0.15) is 0 Å². The number of nitrogens with zero attached hydrogens (tertiary/aromatic N) is 3. The summed E-state index contributed by atoms with van der Waals surface area (Å²) in [5, 5.41) is 7.22. The lowest BCUT2D eigenvalue weighted by molar-refractivity contribution is 1.08. The van der Waals surface area contributed by atoms with Crippen LogP contribution >= 0.6 is 27.3 Å². The van der Waals surface area contributed by atoms with Crippen LogP contribution in [0.3, 0.4) is 0 Å². The van der Waals surface area contributed by atoms with E-state index < -0.39 is 0 Å². The number of hydrogen-bond donors (Lipinski definition) is 1. The molecule has 7 heteroatoms. The Labute approximate surface area is 112 Å². The molecule has 18 heavy (non-hydrogen) atoms. The molecule has 0 saturated carbocycles. The van der Waals surface area contributed by atoms with Gasteiger partial charge in [-0.05, 0) is 28.1 Å². The summed E-state index contributed by atoms with van der Waals surface area (Å²) in [6.45, 7) is 0. The molecule has 0 amide bonds. The first-order valence-electron chi connectivity index (χ1n) is 5.19. The summed E-state index contributed by atoms with van der Waals surface area (Å²) < 4.78 is 3.23. The number of para-hydroxylation sites is 1. The molecule has 0 aliphatic rings. The van der Waals surface area contributed by atoms with E-state index in [4.69, 9.17) is 0 Å². The van der Waals surface area contributed by atoms with Crippen LogP contribution in [0.15, 0.2) is 33.7 Å². The summed E-state index contributed by atoms with van der Waals surface area (Å²) in [4.78, 5) is 17.6. The van der Waals surface area contributed by atoms with Gasteiger partial charge in [0, 0.05) is 0 Å². The Morgan fingerprint density at radius 3 is 3.06 bits per heavy atom. The van der Waals surface area contributed by atoms with Crippen molar-refractivity contribution >= 4 is 53.5 Å². The fourth-order valence-electron chi connectivity index (χ4n) is 2.03. The van der Waals surface area contributed by atoms with Crippen LogP contribution in [-0.4, -0.2) is 19.6 Å². The number of thiazole rings is 1. The van der Waals surface area contributed by atoms with E-state index >= 15 is 0 Å². The number of benzene rings is 1. The van der Waals surface area contributed by atoms with Crippen LogP contribution in [0.2, 0.25) is 0 Å². The number of fused-ring (bicyclic) bond motifs is 4. The van der Waals surface area contributed by atoms with Crippen LogP contribution in [0.4, 0.5) is 0 Å². The van der Waals surface area contributed by atoms with E-state index in [1.807, 2.05) is 24.3 Å². The molecule has 1 N–H and O–H groups in total. The normalized spacial score (nSPS) is 11.8. The van der Waals surface area contributed by atoms with Crippen molar-refractivity contribution in [1.29, 1.82) is 0 Å². The zero-order chi connectivity index (χ0) is 12.3. The summed E-state index contributed by atoms with van der Waals surface area (Å²) in [5.74, 6) is 0. The van der Waals surface area contributed by atoms with Crippen molar-refractivity contribution in [3.63, 3.8) is 0 Å². The first-order chi connectivity index (χ1) is 8.75. The van der Waals surface area contributed by atoms with Crippen molar-refractivity contribution in [3.8, 4) is 0 Å². The molecule has 0 spiro atoms. The van der Waals surface area contributed by atoms with Crippen molar-refractivity contribution in [2.45, 2.75) is 0 Å². The lowest BCUT2D eigenvalue weighted by atomic mass is 10.3.